The fourth-order valence-corrected chi connectivity index (χ4v) is 6.68. The van der Waals surface area contributed by atoms with Crippen LogP contribution in [-0.2, 0) is 30.7 Å². The molecule has 0 N–H and O–H groups in total. The van der Waals surface area contributed by atoms with Crippen LogP contribution < -0.4 is 4.31 Å². The molecule has 0 spiro atoms. The lowest BCUT2D eigenvalue weighted by Crippen LogP contribution is -2.36. The summed E-state index contributed by atoms with van der Waals surface area (Å²) in [7, 11) is -3.84. The third-order valence-corrected chi connectivity index (χ3v) is 8.88. The fourth-order valence-electron chi connectivity index (χ4n) is 5.13. The minimum Gasteiger partial charge on any atom is -0.460 e. The van der Waals surface area contributed by atoms with Gasteiger partial charge in [0, 0.05) is 6.54 Å². The highest BCUT2D eigenvalue weighted by Gasteiger charge is 2.34. The van der Waals surface area contributed by atoms with Crippen molar-refractivity contribution < 1.29 is 27.5 Å². The second-order valence-electron chi connectivity index (χ2n) is 9.91. The summed E-state index contributed by atoms with van der Waals surface area (Å²) >= 11 is 0. The number of para-hydroxylation sites is 1. The van der Waals surface area contributed by atoms with Crippen LogP contribution in [0.3, 0.4) is 0 Å². The Hall–Kier alpha value is -2.87. The Morgan fingerprint density at radius 3 is 2.63 bits per heavy atom. The van der Waals surface area contributed by atoms with Crippen LogP contribution in [-0.4, -0.2) is 39.6 Å². The molecule has 3 atom stereocenters. The number of ether oxygens (including phenoxy) is 2. The number of rotatable bonds is 7. The third kappa shape index (κ3) is 5.53. The van der Waals surface area contributed by atoms with Crippen molar-refractivity contribution in [1.29, 1.82) is 0 Å². The first kappa shape index (κ1) is 25.2. The zero-order chi connectivity index (χ0) is 25.2. The van der Waals surface area contributed by atoms with Crippen molar-refractivity contribution in [3.8, 4) is 0 Å². The molecule has 2 aliphatic rings. The largest absolute Gasteiger partial charge is 0.460 e. The second kappa shape index (κ2) is 10.4. The van der Waals surface area contributed by atoms with Crippen molar-refractivity contribution in [2.75, 3.05) is 17.5 Å². The van der Waals surface area contributed by atoms with Crippen LogP contribution in [0.5, 0.6) is 0 Å². The fraction of sp³-hybridized carbons (Fsp3) is 0.481. The van der Waals surface area contributed by atoms with E-state index < -0.39 is 28.6 Å². The zero-order valence-electron chi connectivity index (χ0n) is 20.5. The lowest BCUT2D eigenvalue weighted by Gasteiger charge is -2.36. The number of carbonyl (C=O) groups excluding carboxylic acids is 2. The molecular weight excluding hydrogens is 466 g/mol. The van der Waals surface area contributed by atoms with Crippen molar-refractivity contribution in [2.24, 2.45) is 17.8 Å². The standard InChI is InChI=1S/C27H33NO6S/c1-18(2)23-12-11-19(3)15-25(23)34-26(29)17-33-27(30)21-8-6-9-22(16-21)35(31,32)28-14-13-20-7-4-5-10-24(20)28/h4-10,16,18-19,23,25H,11-15,17H2,1-3H3/t19-,23-,25+/m0/s1. The number of carbonyl (C=O) groups is 2. The molecule has 0 amide bonds. The number of hydrogen-bond donors (Lipinski definition) is 0. The van der Waals surface area contributed by atoms with Crippen molar-refractivity contribution >= 4 is 27.6 Å². The second-order valence-corrected chi connectivity index (χ2v) is 11.8. The molecule has 4 rings (SSSR count). The van der Waals surface area contributed by atoms with E-state index in [1.807, 2.05) is 12.1 Å². The van der Waals surface area contributed by atoms with Crippen LogP contribution in [0.4, 0.5) is 5.69 Å². The Bertz CT molecular complexity index is 1190. The topological polar surface area (TPSA) is 90.0 Å². The van der Waals surface area contributed by atoms with Gasteiger partial charge in [-0.2, -0.15) is 0 Å². The van der Waals surface area contributed by atoms with Gasteiger partial charge in [-0.3, -0.25) is 4.31 Å². The smallest absolute Gasteiger partial charge is 0.344 e. The van der Waals surface area contributed by atoms with Gasteiger partial charge in [0.05, 0.1) is 16.1 Å². The molecule has 0 unspecified atom stereocenters. The lowest BCUT2D eigenvalue weighted by molar-refractivity contribution is -0.159. The van der Waals surface area contributed by atoms with Gasteiger partial charge in [-0.1, -0.05) is 51.5 Å². The molecule has 188 valence electrons. The summed E-state index contributed by atoms with van der Waals surface area (Å²) in [6.45, 7) is 6.25. The van der Waals surface area contributed by atoms with E-state index in [1.165, 1.54) is 28.6 Å². The molecular formula is C27H33NO6S. The average Bonchev–Trinajstić information content (AvgIpc) is 3.27. The number of nitrogens with zero attached hydrogens (tertiary/aromatic N) is 1. The normalized spacial score (nSPS) is 22.1. The summed E-state index contributed by atoms with van der Waals surface area (Å²) in [6.07, 6.45) is 3.40. The predicted molar refractivity (Wildman–Crippen MR) is 133 cm³/mol. The van der Waals surface area contributed by atoms with Crippen LogP contribution in [0.1, 0.15) is 56.0 Å². The van der Waals surface area contributed by atoms with E-state index in [0.717, 1.165) is 24.8 Å². The molecule has 7 nitrogen and oxygen atoms in total. The van der Waals surface area contributed by atoms with E-state index in [-0.39, 0.29) is 16.6 Å². The molecule has 1 heterocycles. The van der Waals surface area contributed by atoms with Gasteiger partial charge in [0.2, 0.25) is 0 Å². The van der Waals surface area contributed by atoms with Gasteiger partial charge in [-0.05, 0) is 66.8 Å². The van der Waals surface area contributed by atoms with Crippen molar-refractivity contribution in [3.05, 3.63) is 59.7 Å². The molecule has 1 fully saturated rings. The molecule has 2 aromatic carbocycles. The first-order valence-electron chi connectivity index (χ1n) is 12.2. The number of benzene rings is 2. The maximum Gasteiger partial charge on any atom is 0.344 e. The van der Waals surface area contributed by atoms with Gasteiger partial charge in [0.25, 0.3) is 10.0 Å². The molecule has 0 bridgehead atoms. The molecule has 0 aromatic heterocycles. The highest BCUT2D eigenvalue weighted by molar-refractivity contribution is 7.92. The first-order valence-corrected chi connectivity index (χ1v) is 13.7. The van der Waals surface area contributed by atoms with E-state index in [2.05, 4.69) is 20.8 Å². The SMILES string of the molecule is CC(C)[C@@H]1CC[C@H](C)C[C@H]1OC(=O)COC(=O)c1cccc(S(=O)(=O)N2CCc3ccccc32)c1. The van der Waals surface area contributed by atoms with Gasteiger partial charge in [-0.15, -0.1) is 0 Å². The van der Waals surface area contributed by atoms with Gasteiger partial charge < -0.3 is 9.47 Å². The number of esters is 2. The Kier molecular flexibility index (Phi) is 7.50. The number of hydrogen-bond acceptors (Lipinski definition) is 6. The summed E-state index contributed by atoms with van der Waals surface area (Å²) in [5, 5.41) is 0. The zero-order valence-corrected chi connectivity index (χ0v) is 21.3. The van der Waals surface area contributed by atoms with Crippen LogP contribution in [0.15, 0.2) is 53.4 Å². The van der Waals surface area contributed by atoms with Gasteiger partial charge in [0.15, 0.2) is 6.61 Å². The lowest BCUT2D eigenvalue weighted by atomic mass is 9.75. The minimum absolute atomic E-state index is 0.00204. The maximum absolute atomic E-state index is 13.3. The Balaban J connectivity index is 1.40. The minimum atomic E-state index is -3.84. The summed E-state index contributed by atoms with van der Waals surface area (Å²) < 4.78 is 38.8. The van der Waals surface area contributed by atoms with Crippen molar-refractivity contribution in [2.45, 2.75) is 57.5 Å². The summed E-state index contributed by atoms with van der Waals surface area (Å²) in [5.74, 6) is -0.171. The highest BCUT2D eigenvalue weighted by Crippen LogP contribution is 2.35. The summed E-state index contributed by atoms with van der Waals surface area (Å²) in [5.41, 5.74) is 1.69. The molecule has 1 saturated carbocycles. The molecule has 0 radical (unpaired) electrons. The van der Waals surface area contributed by atoms with E-state index in [1.54, 1.807) is 12.1 Å². The van der Waals surface area contributed by atoms with E-state index in [9.17, 15) is 18.0 Å². The molecule has 2 aromatic rings. The van der Waals surface area contributed by atoms with E-state index >= 15 is 0 Å². The molecule has 0 saturated heterocycles. The number of fused-ring (bicyclic) bond motifs is 1. The van der Waals surface area contributed by atoms with E-state index in [4.69, 9.17) is 9.47 Å². The average molecular weight is 500 g/mol. The van der Waals surface area contributed by atoms with Crippen LogP contribution in [0.2, 0.25) is 0 Å². The van der Waals surface area contributed by atoms with Crippen molar-refractivity contribution in [3.63, 3.8) is 0 Å². The Morgan fingerprint density at radius 1 is 1.09 bits per heavy atom. The number of anilines is 1. The Morgan fingerprint density at radius 2 is 1.86 bits per heavy atom. The highest BCUT2D eigenvalue weighted by atomic mass is 32.2. The van der Waals surface area contributed by atoms with Gasteiger partial charge >= 0.3 is 11.9 Å². The predicted octanol–water partition coefficient (Wildman–Crippen LogP) is 4.60. The first-order chi connectivity index (χ1) is 16.7. The van der Waals surface area contributed by atoms with Crippen LogP contribution in [0.25, 0.3) is 0 Å². The molecule has 1 aliphatic heterocycles. The summed E-state index contributed by atoms with van der Waals surface area (Å²) in [4.78, 5) is 25.1. The molecule has 1 aliphatic carbocycles. The molecule has 35 heavy (non-hydrogen) atoms. The molecule has 8 heteroatoms. The van der Waals surface area contributed by atoms with Crippen LogP contribution in [0, 0.1) is 17.8 Å². The monoisotopic (exact) mass is 499 g/mol. The van der Waals surface area contributed by atoms with E-state index in [0.29, 0.717) is 36.4 Å². The van der Waals surface area contributed by atoms with Crippen LogP contribution >= 0.6 is 0 Å². The van der Waals surface area contributed by atoms with Gasteiger partial charge in [0.1, 0.15) is 6.10 Å². The quantitative estimate of drug-likeness (QED) is 0.517. The van der Waals surface area contributed by atoms with Gasteiger partial charge in [-0.25, -0.2) is 18.0 Å². The van der Waals surface area contributed by atoms with Crippen molar-refractivity contribution in [1.82, 2.24) is 0 Å². The Labute approximate surface area is 207 Å². The number of sulfonamides is 1. The third-order valence-electron chi connectivity index (χ3n) is 7.07. The summed E-state index contributed by atoms with van der Waals surface area (Å²) in [6, 6.07) is 13.1. The maximum atomic E-state index is 13.3.